The van der Waals surface area contributed by atoms with E-state index in [-0.39, 0.29) is 6.10 Å². The van der Waals surface area contributed by atoms with Gasteiger partial charge in [0.15, 0.2) is 0 Å². The molecule has 1 aromatic rings. The van der Waals surface area contributed by atoms with Crippen molar-refractivity contribution < 1.29 is 5.11 Å². The minimum Gasteiger partial charge on any atom is -0.393 e. The van der Waals surface area contributed by atoms with Crippen molar-refractivity contribution in [2.24, 2.45) is 0 Å². The van der Waals surface area contributed by atoms with Gasteiger partial charge in [-0.3, -0.25) is 0 Å². The van der Waals surface area contributed by atoms with Crippen LogP contribution in [-0.4, -0.2) is 18.3 Å². The van der Waals surface area contributed by atoms with Crippen molar-refractivity contribution in [3.05, 3.63) is 29.8 Å². The molecule has 0 bridgehead atoms. The van der Waals surface area contributed by atoms with E-state index in [1.807, 2.05) is 31.3 Å². The van der Waals surface area contributed by atoms with E-state index < -0.39 is 5.41 Å². The Kier molecular flexibility index (Phi) is 3.35. The van der Waals surface area contributed by atoms with Crippen LogP contribution in [0.5, 0.6) is 0 Å². The van der Waals surface area contributed by atoms with Crippen molar-refractivity contribution in [1.82, 2.24) is 0 Å². The maximum Gasteiger partial charge on any atom is 0.0847 e. The zero-order valence-corrected chi connectivity index (χ0v) is 10.1. The molecule has 1 aliphatic carbocycles. The van der Waals surface area contributed by atoms with Crippen molar-refractivity contribution >= 4 is 5.69 Å². The van der Waals surface area contributed by atoms with Gasteiger partial charge in [-0.1, -0.05) is 12.1 Å². The summed E-state index contributed by atoms with van der Waals surface area (Å²) in [5.41, 5.74) is 1.57. The summed E-state index contributed by atoms with van der Waals surface area (Å²) in [5.74, 6) is 0. The molecule has 0 aromatic heterocycles. The van der Waals surface area contributed by atoms with E-state index in [9.17, 15) is 10.4 Å². The van der Waals surface area contributed by atoms with Gasteiger partial charge >= 0.3 is 0 Å². The van der Waals surface area contributed by atoms with Crippen molar-refractivity contribution in [1.29, 1.82) is 5.26 Å². The van der Waals surface area contributed by atoms with Crippen molar-refractivity contribution in [3.8, 4) is 6.07 Å². The molecule has 2 unspecified atom stereocenters. The molecule has 1 aromatic carbocycles. The van der Waals surface area contributed by atoms with Gasteiger partial charge in [-0.2, -0.15) is 5.26 Å². The Balaban J connectivity index is 2.30. The van der Waals surface area contributed by atoms with Gasteiger partial charge < -0.3 is 10.4 Å². The highest BCUT2D eigenvalue weighted by Gasteiger charge is 2.37. The highest BCUT2D eigenvalue weighted by atomic mass is 16.3. The second-order valence-corrected chi connectivity index (χ2v) is 4.77. The molecule has 2 rings (SSSR count). The van der Waals surface area contributed by atoms with Crippen LogP contribution in [0.1, 0.15) is 31.2 Å². The first-order chi connectivity index (χ1) is 8.20. The highest BCUT2D eigenvalue weighted by molar-refractivity contribution is 5.47. The third-order valence-electron chi connectivity index (χ3n) is 3.67. The molecule has 1 saturated carbocycles. The van der Waals surface area contributed by atoms with Crippen molar-refractivity contribution in [2.75, 3.05) is 12.4 Å². The van der Waals surface area contributed by atoms with Gasteiger partial charge in [0.2, 0.25) is 0 Å². The molecule has 1 aliphatic rings. The quantitative estimate of drug-likeness (QED) is 0.820. The summed E-state index contributed by atoms with van der Waals surface area (Å²) >= 11 is 0. The predicted octanol–water partition coefficient (Wildman–Crippen LogP) is 2.42. The summed E-state index contributed by atoms with van der Waals surface area (Å²) in [5, 5.41) is 22.3. The van der Waals surface area contributed by atoms with Gasteiger partial charge in [-0.05, 0) is 43.4 Å². The lowest BCUT2D eigenvalue weighted by Crippen LogP contribution is -2.33. The molecule has 0 spiro atoms. The fourth-order valence-electron chi connectivity index (χ4n) is 2.63. The maximum atomic E-state index is 9.77. The summed E-state index contributed by atoms with van der Waals surface area (Å²) in [6.07, 6.45) is 2.80. The molecule has 1 fully saturated rings. The van der Waals surface area contributed by atoms with Gasteiger partial charge in [0, 0.05) is 12.7 Å². The first kappa shape index (κ1) is 11.9. The lowest BCUT2D eigenvalue weighted by Gasteiger charge is -2.34. The first-order valence-electron chi connectivity index (χ1n) is 6.08. The summed E-state index contributed by atoms with van der Waals surface area (Å²) in [7, 11) is 1.87. The van der Waals surface area contributed by atoms with Crippen LogP contribution in [0.25, 0.3) is 0 Å². The number of anilines is 1. The minimum absolute atomic E-state index is 0.340. The maximum absolute atomic E-state index is 9.77. The second kappa shape index (κ2) is 4.77. The van der Waals surface area contributed by atoms with E-state index in [0.29, 0.717) is 6.42 Å². The first-order valence-corrected chi connectivity index (χ1v) is 6.08. The molecule has 0 saturated heterocycles. The monoisotopic (exact) mass is 230 g/mol. The van der Waals surface area contributed by atoms with Gasteiger partial charge in [0.1, 0.15) is 0 Å². The Morgan fingerprint density at radius 1 is 1.41 bits per heavy atom. The molecule has 2 atom stereocenters. The molecular formula is C14H18N2O. The number of aliphatic hydroxyl groups is 1. The van der Waals surface area contributed by atoms with Gasteiger partial charge in [-0.15, -0.1) is 0 Å². The smallest absolute Gasteiger partial charge is 0.0847 e. The van der Waals surface area contributed by atoms with Gasteiger partial charge in [-0.25, -0.2) is 0 Å². The van der Waals surface area contributed by atoms with Crippen LogP contribution in [0.2, 0.25) is 0 Å². The van der Waals surface area contributed by atoms with Crippen LogP contribution in [-0.2, 0) is 5.41 Å². The van der Waals surface area contributed by atoms with Crippen LogP contribution in [0.3, 0.4) is 0 Å². The number of nitrogens with zero attached hydrogens (tertiary/aromatic N) is 1. The Labute approximate surface area is 102 Å². The lowest BCUT2D eigenvalue weighted by atomic mass is 9.69. The molecule has 0 amide bonds. The standard InChI is InChI=1S/C14H18N2O/c1-16-12-6-4-11(5-7-12)14(10-15)8-2-3-13(17)9-14/h4-7,13,16-17H,2-3,8-9H2,1H3. The molecule has 17 heavy (non-hydrogen) atoms. The third-order valence-corrected chi connectivity index (χ3v) is 3.67. The van der Waals surface area contributed by atoms with E-state index in [1.54, 1.807) is 0 Å². The van der Waals surface area contributed by atoms with Crippen LogP contribution < -0.4 is 5.32 Å². The van der Waals surface area contributed by atoms with Crippen molar-refractivity contribution in [2.45, 2.75) is 37.2 Å². The number of nitriles is 1. The number of nitrogens with one attached hydrogen (secondary N) is 1. The predicted molar refractivity (Wildman–Crippen MR) is 67.8 cm³/mol. The number of aliphatic hydroxyl groups excluding tert-OH is 1. The van der Waals surface area contributed by atoms with Crippen LogP contribution in [0, 0.1) is 11.3 Å². The topological polar surface area (TPSA) is 56.0 Å². The highest BCUT2D eigenvalue weighted by Crippen LogP contribution is 2.39. The van der Waals surface area contributed by atoms with Crippen molar-refractivity contribution in [3.63, 3.8) is 0 Å². The Morgan fingerprint density at radius 2 is 2.12 bits per heavy atom. The Hall–Kier alpha value is -1.53. The number of rotatable bonds is 2. The zero-order valence-electron chi connectivity index (χ0n) is 10.1. The minimum atomic E-state index is -0.496. The fourth-order valence-corrected chi connectivity index (χ4v) is 2.63. The molecular weight excluding hydrogens is 212 g/mol. The van der Waals surface area contributed by atoms with Gasteiger partial charge in [0.05, 0.1) is 17.6 Å². The fraction of sp³-hybridized carbons (Fsp3) is 0.500. The number of hydrogen-bond acceptors (Lipinski definition) is 3. The summed E-state index contributed by atoms with van der Waals surface area (Å²) in [4.78, 5) is 0. The second-order valence-electron chi connectivity index (χ2n) is 4.77. The third kappa shape index (κ3) is 2.27. The van der Waals surface area contributed by atoms with E-state index >= 15 is 0 Å². The molecule has 0 heterocycles. The summed E-state index contributed by atoms with van der Waals surface area (Å²) in [6, 6.07) is 10.4. The molecule has 3 nitrogen and oxygen atoms in total. The zero-order chi connectivity index (χ0) is 12.3. The molecule has 3 heteroatoms. The molecule has 0 aliphatic heterocycles. The lowest BCUT2D eigenvalue weighted by molar-refractivity contribution is 0.102. The number of hydrogen-bond donors (Lipinski definition) is 2. The Bertz CT molecular complexity index is 421. The summed E-state index contributed by atoms with van der Waals surface area (Å²) < 4.78 is 0. The normalized spacial score (nSPS) is 28.4. The Morgan fingerprint density at radius 3 is 2.65 bits per heavy atom. The molecule has 2 N–H and O–H groups in total. The van der Waals surface area contributed by atoms with E-state index in [2.05, 4.69) is 11.4 Å². The van der Waals surface area contributed by atoms with E-state index in [0.717, 1.165) is 30.5 Å². The largest absolute Gasteiger partial charge is 0.393 e. The van der Waals surface area contributed by atoms with E-state index in [4.69, 9.17) is 0 Å². The van der Waals surface area contributed by atoms with Crippen LogP contribution in [0.4, 0.5) is 5.69 Å². The van der Waals surface area contributed by atoms with Gasteiger partial charge in [0.25, 0.3) is 0 Å². The number of benzene rings is 1. The van der Waals surface area contributed by atoms with E-state index in [1.165, 1.54) is 0 Å². The molecule has 90 valence electrons. The average Bonchev–Trinajstić information content (AvgIpc) is 2.38. The SMILES string of the molecule is CNc1ccc(C2(C#N)CCCC(O)C2)cc1. The van der Waals surface area contributed by atoms with Crippen LogP contribution >= 0.6 is 0 Å². The molecule has 0 radical (unpaired) electrons. The summed E-state index contributed by atoms with van der Waals surface area (Å²) in [6.45, 7) is 0. The van der Waals surface area contributed by atoms with Crippen LogP contribution in [0.15, 0.2) is 24.3 Å². The average molecular weight is 230 g/mol.